The van der Waals surface area contributed by atoms with E-state index >= 15 is 0 Å². The minimum Gasteiger partial charge on any atom is -0.381 e. The second kappa shape index (κ2) is 7.76. The lowest BCUT2D eigenvalue weighted by Crippen LogP contribution is -2.32. The van der Waals surface area contributed by atoms with Crippen LogP contribution in [-0.2, 0) is 11.2 Å². The fraction of sp³-hybridized carbons (Fsp3) is 0.647. The van der Waals surface area contributed by atoms with Crippen molar-refractivity contribution in [2.75, 3.05) is 31.7 Å². The molecule has 0 saturated carbocycles. The van der Waals surface area contributed by atoms with E-state index in [1.165, 1.54) is 6.07 Å². The Kier molecular flexibility index (Phi) is 6.00. The van der Waals surface area contributed by atoms with Gasteiger partial charge in [0.1, 0.15) is 5.82 Å². The first-order valence-corrected chi connectivity index (χ1v) is 7.93. The molecule has 0 amide bonds. The molecule has 1 saturated heterocycles. The number of nitrogens with two attached hydrogens (primary N) is 1. The van der Waals surface area contributed by atoms with E-state index in [0.29, 0.717) is 11.6 Å². The third-order valence-corrected chi connectivity index (χ3v) is 4.25. The average molecular weight is 294 g/mol. The molecule has 2 rings (SSSR count). The summed E-state index contributed by atoms with van der Waals surface area (Å²) in [6, 6.07) is 5.37. The van der Waals surface area contributed by atoms with Gasteiger partial charge < -0.3 is 15.4 Å². The van der Waals surface area contributed by atoms with Crippen LogP contribution in [0.15, 0.2) is 18.2 Å². The SMILES string of the molecule is CCC(N)Cc1cccc(F)c1N(C)CC1CCCOC1. The summed E-state index contributed by atoms with van der Waals surface area (Å²) >= 11 is 0. The summed E-state index contributed by atoms with van der Waals surface area (Å²) in [5.41, 5.74) is 7.75. The molecule has 0 aliphatic carbocycles. The van der Waals surface area contributed by atoms with Crippen LogP contribution >= 0.6 is 0 Å². The predicted octanol–water partition coefficient (Wildman–Crippen LogP) is 2.97. The van der Waals surface area contributed by atoms with E-state index < -0.39 is 0 Å². The van der Waals surface area contributed by atoms with Crippen LogP contribution in [0.4, 0.5) is 10.1 Å². The van der Waals surface area contributed by atoms with Gasteiger partial charge in [-0.25, -0.2) is 4.39 Å². The lowest BCUT2D eigenvalue weighted by atomic mass is 9.99. The smallest absolute Gasteiger partial charge is 0.146 e. The Balaban J connectivity index is 2.12. The van der Waals surface area contributed by atoms with Gasteiger partial charge >= 0.3 is 0 Å². The topological polar surface area (TPSA) is 38.5 Å². The van der Waals surface area contributed by atoms with Gasteiger partial charge in [0.15, 0.2) is 0 Å². The molecular formula is C17H27FN2O. The summed E-state index contributed by atoms with van der Waals surface area (Å²) in [4.78, 5) is 2.03. The first kappa shape index (κ1) is 16.2. The molecule has 1 aliphatic rings. The molecule has 3 nitrogen and oxygen atoms in total. The Bertz CT molecular complexity index is 446. The average Bonchev–Trinajstić information content (AvgIpc) is 2.48. The molecule has 21 heavy (non-hydrogen) atoms. The van der Waals surface area contributed by atoms with Crippen LogP contribution in [0.3, 0.4) is 0 Å². The molecule has 4 heteroatoms. The fourth-order valence-corrected chi connectivity index (χ4v) is 3.01. The van der Waals surface area contributed by atoms with Crippen molar-refractivity contribution < 1.29 is 9.13 Å². The van der Waals surface area contributed by atoms with Crippen molar-refractivity contribution in [2.24, 2.45) is 11.7 Å². The third kappa shape index (κ3) is 4.42. The van der Waals surface area contributed by atoms with E-state index in [-0.39, 0.29) is 11.9 Å². The molecular weight excluding hydrogens is 267 g/mol. The second-order valence-corrected chi connectivity index (χ2v) is 6.08. The highest BCUT2D eigenvalue weighted by Crippen LogP contribution is 2.27. The van der Waals surface area contributed by atoms with Gasteiger partial charge in [0.2, 0.25) is 0 Å². The number of benzene rings is 1. The number of ether oxygens (including phenoxy) is 1. The van der Waals surface area contributed by atoms with Gasteiger partial charge in [0.25, 0.3) is 0 Å². The number of nitrogens with zero attached hydrogens (tertiary/aromatic N) is 1. The zero-order chi connectivity index (χ0) is 15.2. The predicted molar refractivity (Wildman–Crippen MR) is 85.2 cm³/mol. The van der Waals surface area contributed by atoms with Gasteiger partial charge in [0, 0.05) is 26.2 Å². The third-order valence-electron chi connectivity index (χ3n) is 4.25. The second-order valence-electron chi connectivity index (χ2n) is 6.08. The van der Waals surface area contributed by atoms with Crippen molar-refractivity contribution in [1.29, 1.82) is 0 Å². The number of anilines is 1. The zero-order valence-corrected chi connectivity index (χ0v) is 13.1. The molecule has 2 N–H and O–H groups in total. The molecule has 2 unspecified atom stereocenters. The standard InChI is InChI=1S/C17H27FN2O/c1-3-15(19)10-14-7-4-8-16(18)17(14)20(2)11-13-6-5-9-21-12-13/h4,7-8,13,15H,3,5-6,9-12,19H2,1-2H3. The highest BCUT2D eigenvalue weighted by Gasteiger charge is 2.20. The Morgan fingerprint density at radius 2 is 2.29 bits per heavy atom. The maximum absolute atomic E-state index is 14.3. The lowest BCUT2D eigenvalue weighted by Gasteiger charge is -2.30. The minimum absolute atomic E-state index is 0.0805. The molecule has 0 radical (unpaired) electrons. The monoisotopic (exact) mass is 294 g/mol. The minimum atomic E-state index is -0.157. The highest BCUT2D eigenvalue weighted by molar-refractivity contribution is 5.54. The van der Waals surface area contributed by atoms with Crippen molar-refractivity contribution in [2.45, 2.75) is 38.6 Å². The Morgan fingerprint density at radius 1 is 1.48 bits per heavy atom. The molecule has 2 atom stereocenters. The zero-order valence-electron chi connectivity index (χ0n) is 13.1. The summed E-state index contributed by atoms with van der Waals surface area (Å²) in [5, 5.41) is 0. The van der Waals surface area contributed by atoms with Crippen molar-refractivity contribution in [3.63, 3.8) is 0 Å². The van der Waals surface area contributed by atoms with Gasteiger partial charge in [0.05, 0.1) is 12.3 Å². The summed E-state index contributed by atoms with van der Waals surface area (Å²) < 4.78 is 19.8. The van der Waals surface area contributed by atoms with E-state index in [9.17, 15) is 4.39 Å². The molecule has 118 valence electrons. The maximum atomic E-state index is 14.3. The van der Waals surface area contributed by atoms with Crippen molar-refractivity contribution in [1.82, 2.24) is 0 Å². The molecule has 1 aromatic carbocycles. The van der Waals surface area contributed by atoms with Crippen LogP contribution in [0.5, 0.6) is 0 Å². The lowest BCUT2D eigenvalue weighted by molar-refractivity contribution is 0.0576. The summed E-state index contributed by atoms with van der Waals surface area (Å²) in [6.07, 6.45) is 3.87. The summed E-state index contributed by atoms with van der Waals surface area (Å²) in [7, 11) is 1.97. The van der Waals surface area contributed by atoms with Crippen LogP contribution < -0.4 is 10.6 Å². The van der Waals surface area contributed by atoms with E-state index in [0.717, 1.165) is 51.0 Å². The first-order chi connectivity index (χ1) is 10.1. The number of hydrogen-bond acceptors (Lipinski definition) is 3. The largest absolute Gasteiger partial charge is 0.381 e. The molecule has 0 bridgehead atoms. The van der Waals surface area contributed by atoms with E-state index in [1.54, 1.807) is 6.07 Å². The molecule has 1 aromatic rings. The summed E-state index contributed by atoms with van der Waals surface area (Å²) in [6.45, 7) is 4.53. The molecule has 0 spiro atoms. The van der Waals surface area contributed by atoms with E-state index in [1.807, 2.05) is 18.0 Å². The number of hydrogen-bond donors (Lipinski definition) is 1. The van der Waals surface area contributed by atoms with E-state index in [2.05, 4.69) is 6.92 Å². The number of halogens is 1. The fourth-order valence-electron chi connectivity index (χ4n) is 3.01. The van der Waals surface area contributed by atoms with Crippen LogP contribution in [0.25, 0.3) is 0 Å². The van der Waals surface area contributed by atoms with Crippen LogP contribution in [0.1, 0.15) is 31.7 Å². The summed E-state index contributed by atoms with van der Waals surface area (Å²) in [5.74, 6) is 0.325. The van der Waals surface area contributed by atoms with Gasteiger partial charge in [-0.2, -0.15) is 0 Å². The van der Waals surface area contributed by atoms with Crippen LogP contribution in [0.2, 0.25) is 0 Å². The van der Waals surface area contributed by atoms with Crippen LogP contribution in [0, 0.1) is 11.7 Å². The Hall–Kier alpha value is -1.13. The van der Waals surface area contributed by atoms with Gasteiger partial charge in [-0.1, -0.05) is 19.1 Å². The maximum Gasteiger partial charge on any atom is 0.146 e. The van der Waals surface area contributed by atoms with Crippen LogP contribution in [-0.4, -0.2) is 32.8 Å². The van der Waals surface area contributed by atoms with Gasteiger partial charge in [-0.15, -0.1) is 0 Å². The van der Waals surface area contributed by atoms with Gasteiger partial charge in [-0.05, 0) is 43.2 Å². The Morgan fingerprint density at radius 3 is 2.95 bits per heavy atom. The van der Waals surface area contributed by atoms with E-state index in [4.69, 9.17) is 10.5 Å². The first-order valence-electron chi connectivity index (χ1n) is 7.93. The Labute approximate surface area is 127 Å². The van der Waals surface area contributed by atoms with Crippen molar-refractivity contribution >= 4 is 5.69 Å². The number of rotatable bonds is 6. The molecule has 1 heterocycles. The molecule has 1 fully saturated rings. The van der Waals surface area contributed by atoms with Crippen molar-refractivity contribution in [3.05, 3.63) is 29.6 Å². The quantitative estimate of drug-likeness (QED) is 0.876. The normalized spacial score (nSPS) is 20.3. The highest BCUT2D eigenvalue weighted by atomic mass is 19.1. The van der Waals surface area contributed by atoms with Crippen molar-refractivity contribution in [3.8, 4) is 0 Å². The number of para-hydroxylation sites is 1. The van der Waals surface area contributed by atoms with Gasteiger partial charge in [-0.3, -0.25) is 0 Å². The molecule has 0 aromatic heterocycles. The molecule has 1 aliphatic heterocycles.